The van der Waals surface area contributed by atoms with Gasteiger partial charge in [-0.05, 0) is 29.8 Å². The third kappa shape index (κ3) is 3.64. The van der Waals surface area contributed by atoms with Gasteiger partial charge in [0.1, 0.15) is 0 Å². The van der Waals surface area contributed by atoms with Crippen LogP contribution in [0, 0.1) is 0 Å². The highest BCUT2D eigenvalue weighted by Gasteiger charge is 2.29. The van der Waals surface area contributed by atoms with E-state index in [2.05, 4.69) is 17.4 Å². The van der Waals surface area contributed by atoms with Crippen LogP contribution in [0.5, 0.6) is 11.5 Å². The second-order valence-corrected chi connectivity index (χ2v) is 6.57. The predicted molar refractivity (Wildman–Crippen MR) is 110 cm³/mol. The van der Waals surface area contributed by atoms with Crippen LogP contribution in [0.3, 0.4) is 0 Å². The zero-order chi connectivity index (χ0) is 19.3. The number of para-hydroxylation sites is 4. The van der Waals surface area contributed by atoms with E-state index in [1.807, 2.05) is 60.7 Å². The molecule has 0 fully saturated rings. The summed E-state index contributed by atoms with van der Waals surface area (Å²) in [5.74, 6) is 1.07. The normalized spacial score (nSPS) is 15.3. The van der Waals surface area contributed by atoms with E-state index in [9.17, 15) is 4.79 Å². The van der Waals surface area contributed by atoms with Gasteiger partial charge in [0.2, 0.25) is 0 Å². The van der Waals surface area contributed by atoms with Gasteiger partial charge in [0, 0.05) is 0 Å². The number of carbonyl (C=O) groups excluding carboxylic acids is 1. The maximum atomic E-state index is 13.0. The van der Waals surface area contributed by atoms with Crippen LogP contribution in [0.15, 0.2) is 78.9 Å². The zero-order valence-electron chi connectivity index (χ0n) is 15.7. The van der Waals surface area contributed by atoms with E-state index >= 15 is 0 Å². The van der Waals surface area contributed by atoms with Crippen LogP contribution in [0.4, 0.5) is 11.4 Å². The molecule has 0 saturated carbocycles. The number of fused-ring (bicyclic) bond motifs is 1. The lowest BCUT2D eigenvalue weighted by atomic mass is 10.0. The molecule has 4 rings (SSSR count). The Kier molecular flexibility index (Phi) is 5.15. The Labute approximate surface area is 164 Å². The summed E-state index contributed by atoms with van der Waals surface area (Å²) >= 11 is 0. The van der Waals surface area contributed by atoms with Crippen molar-refractivity contribution in [2.75, 3.05) is 30.5 Å². The first-order chi connectivity index (χ1) is 13.8. The molecule has 142 valence electrons. The Morgan fingerprint density at radius 2 is 1.64 bits per heavy atom. The van der Waals surface area contributed by atoms with E-state index in [4.69, 9.17) is 9.47 Å². The van der Waals surface area contributed by atoms with Gasteiger partial charge in [-0.3, -0.25) is 4.79 Å². The number of nitrogens with zero attached hydrogens (tertiary/aromatic N) is 1. The lowest BCUT2D eigenvalue weighted by Crippen LogP contribution is -2.43. The molecule has 28 heavy (non-hydrogen) atoms. The Hall–Kier alpha value is -3.47. The first-order valence-electron chi connectivity index (χ1n) is 9.23. The molecule has 0 aromatic heterocycles. The van der Waals surface area contributed by atoms with E-state index in [1.165, 1.54) is 0 Å². The first kappa shape index (κ1) is 17.9. The molecular weight excluding hydrogens is 352 g/mol. The molecule has 0 bridgehead atoms. The fraction of sp³-hybridized carbons (Fsp3) is 0.174. The second kappa shape index (κ2) is 8.05. The number of ether oxygens (including phenoxy) is 2. The highest BCUT2D eigenvalue weighted by Crippen LogP contribution is 2.35. The average molecular weight is 374 g/mol. The molecular formula is C23H22N2O3. The molecule has 1 amide bonds. The lowest BCUT2D eigenvalue weighted by Gasteiger charge is -2.36. The van der Waals surface area contributed by atoms with Gasteiger partial charge in [-0.1, -0.05) is 54.6 Å². The molecule has 1 aliphatic rings. The standard InChI is InChI=1S/C23H22N2O3/c1-27-21-13-7-8-14-22(21)28-16-23(26)25-15-19(17-9-3-2-4-10-17)24-18-11-5-6-12-20(18)25/h2-14,19,24H,15-16H2,1H3. The molecule has 0 spiro atoms. The van der Waals surface area contributed by atoms with Crippen molar-refractivity contribution >= 4 is 17.3 Å². The smallest absolute Gasteiger partial charge is 0.265 e. The van der Waals surface area contributed by atoms with Crippen LogP contribution in [0.1, 0.15) is 11.6 Å². The van der Waals surface area contributed by atoms with E-state index in [-0.39, 0.29) is 18.6 Å². The summed E-state index contributed by atoms with van der Waals surface area (Å²) in [7, 11) is 1.58. The van der Waals surface area contributed by atoms with Gasteiger partial charge < -0.3 is 19.7 Å². The van der Waals surface area contributed by atoms with Crippen molar-refractivity contribution in [3.63, 3.8) is 0 Å². The van der Waals surface area contributed by atoms with Crippen molar-refractivity contribution in [2.45, 2.75) is 6.04 Å². The molecule has 5 heteroatoms. The first-order valence-corrected chi connectivity index (χ1v) is 9.23. The average Bonchev–Trinajstić information content (AvgIpc) is 2.77. The maximum absolute atomic E-state index is 13.0. The molecule has 5 nitrogen and oxygen atoms in total. The summed E-state index contributed by atoms with van der Waals surface area (Å²) in [5, 5.41) is 3.54. The number of hydrogen-bond acceptors (Lipinski definition) is 4. The van der Waals surface area contributed by atoms with Gasteiger partial charge in [0.15, 0.2) is 18.1 Å². The molecule has 1 heterocycles. The zero-order valence-corrected chi connectivity index (χ0v) is 15.7. The predicted octanol–water partition coefficient (Wildman–Crippen LogP) is 4.27. The fourth-order valence-electron chi connectivity index (χ4n) is 3.41. The van der Waals surface area contributed by atoms with Crippen LogP contribution < -0.4 is 19.7 Å². The lowest BCUT2D eigenvalue weighted by molar-refractivity contribution is -0.120. The molecule has 0 saturated heterocycles. The molecule has 1 unspecified atom stereocenters. The topological polar surface area (TPSA) is 50.8 Å². The SMILES string of the molecule is COc1ccccc1OCC(=O)N1CC(c2ccccc2)Nc2ccccc21. The third-order valence-electron chi connectivity index (χ3n) is 4.81. The summed E-state index contributed by atoms with van der Waals surface area (Å²) in [6, 6.07) is 25.3. The van der Waals surface area contributed by atoms with Crippen LogP contribution >= 0.6 is 0 Å². The van der Waals surface area contributed by atoms with Gasteiger partial charge in [-0.15, -0.1) is 0 Å². The van der Waals surface area contributed by atoms with Crippen molar-refractivity contribution in [1.29, 1.82) is 0 Å². The minimum absolute atomic E-state index is 0.0197. The minimum atomic E-state index is -0.0965. The minimum Gasteiger partial charge on any atom is -0.493 e. The van der Waals surface area contributed by atoms with Crippen LogP contribution in [-0.2, 0) is 4.79 Å². The number of methoxy groups -OCH3 is 1. The number of hydrogen-bond donors (Lipinski definition) is 1. The van der Waals surface area contributed by atoms with Crippen molar-refractivity contribution in [2.24, 2.45) is 0 Å². The Balaban J connectivity index is 1.55. The Bertz CT molecular complexity index is 959. The fourth-order valence-corrected chi connectivity index (χ4v) is 3.41. The third-order valence-corrected chi connectivity index (χ3v) is 4.81. The van der Waals surface area contributed by atoms with Gasteiger partial charge in [0.25, 0.3) is 5.91 Å². The Morgan fingerprint density at radius 1 is 0.964 bits per heavy atom. The highest BCUT2D eigenvalue weighted by atomic mass is 16.5. The number of rotatable bonds is 5. The number of nitrogens with one attached hydrogen (secondary N) is 1. The number of benzene rings is 3. The van der Waals surface area contributed by atoms with Crippen molar-refractivity contribution in [1.82, 2.24) is 0 Å². The summed E-state index contributed by atoms with van der Waals surface area (Å²) in [5.41, 5.74) is 2.94. The molecule has 3 aromatic carbocycles. The number of carbonyl (C=O) groups is 1. The van der Waals surface area contributed by atoms with E-state index in [0.717, 1.165) is 16.9 Å². The van der Waals surface area contributed by atoms with Crippen molar-refractivity contribution < 1.29 is 14.3 Å². The van der Waals surface area contributed by atoms with E-state index in [0.29, 0.717) is 18.0 Å². The van der Waals surface area contributed by atoms with E-state index in [1.54, 1.807) is 18.1 Å². The van der Waals surface area contributed by atoms with Gasteiger partial charge in [-0.25, -0.2) is 0 Å². The van der Waals surface area contributed by atoms with Crippen LogP contribution in [-0.4, -0.2) is 26.2 Å². The summed E-state index contributed by atoms with van der Waals surface area (Å²) in [6.07, 6.45) is 0. The van der Waals surface area contributed by atoms with Crippen molar-refractivity contribution in [3.8, 4) is 11.5 Å². The molecule has 1 aliphatic heterocycles. The van der Waals surface area contributed by atoms with Crippen LogP contribution in [0.25, 0.3) is 0 Å². The van der Waals surface area contributed by atoms with Gasteiger partial charge >= 0.3 is 0 Å². The molecule has 1 atom stereocenters. The summed E-state index contributed by atoms with van der Waals surface area (Å²) < 4.78 is 11.1. The number of anilines is 2. The summed E-state index contributed by atoms with van der Waals surface area (Å²) in [6.45, 7) is 0.478. The van der Waals surface area contributed by atoms with E-state index < -0.39 is 0 Å². The van der Waals surface area contributed by atoms with Crippen LogP contribution in [0.2, 0.25) is 0 Å². The number of amides is 1. The van der Waals surface area contributed by atoms with Gasteiger partial charge in [-0.2, -0.15) is 0 Å². The molecule has 3 aromatic rings. The molecule has 0 aliphatic carbocycles. The van der Waals surface area contributed by atoms with Crippen molar-refractivity contribution in [3.05, 3.63) is 84.4 Å². The quantitative estimate of drug-likeness (QED) is 0.724. The second-order valence-electron chi connectivity index (χ2n) is 6.57. The van der Waals surface area contributed by atoms with Gasteiger partial charge in [0.05, 0.1) is 31.1 Å². The maximum Gasteiger partial charge on any atom is 0.265 e. The Morgan fingerprint density at radius 3 is 2.43 bits per heavy atom. The highest BCUT2D eigenvalue weighted by molar-refractivity contribution is 5.98. The molecule has 1 N–H and O–H groups in total. The summed E-state index contributed by atoms with van der Waals surface area (Å²) in [4.78, 5) is 14.8. The largest absolute Gasteiger partial charge is 0.493 e. The monoisotopic (exact) mass is 374 g/mol. The molecule has 0 radical (unpaired) electrons.